The summed E-state index contributed by atoms with van der Waals surface area (Å²) < 4.78 is 25.8. The first kappa shape index (κ1) is 29.8. The first-order valence-electron chi connectivity index (χ1n) is 10.2. The number of oxime groups is 1. The number of aliphatic hydroxyl groups excluding tert-OH is 4. The van der Waals surface area contributed by atoms with Crippen molar-refractivity contribution in [3.8, 4) is 0 Å². The Balaban J connectivity index is 3.44. The van der Waals surface area contributed by atoms with Crippen LogP contribution in [0.3, 0.4) is 0 Å². The molecule has 184 valence electrons. The summed E-state index contributed by atoms with van der Waals surface area (Å²) in [6.07, 6.45) is -3.09. The smallest absolute Gasteiger partial charge is 0.140 e. The second-order valence-electron chi connectivity index (χ2n) is 6.34. The topological polar surface area (TPSA) is 166 Å². The van der Waals surface area contributed by atoms with E-state index >= 15 is 0 Å². The van der Waals surface area contributed by atoms with Gasteiger partial charge in [0.2, 0.25) is 0 Å². The molecule has 12 heteroatoms. The lowest BCUT2D eigenvalue weighted by molar-refractivity contribution is -0.108. The number of aliphatic hydroxyl groups is 4. The molecule has 4 unspecified atom stereocenters. The van der Waals surface area contributed by atoms with Crippen LogP contribution in [0.25, 0.3) is 0 Å². The van der Waals surface area contributed by atoms with Gasteiger partial charge in [0.1, 0.15) is 37.3 Å². The van der Waals surface area contributed by atoms with Crippen molar-refractivity contribution in [3.05, 3.63) is 0 Å². The average Bonchev–Trinajstić information content (AvgIpc) is 2.77. The van der Waals surface area contributed by atoms with Crippen molar-refractivity contribution in [3.63, 3.8) is 0 Å². The highest BCUT2D eigenvalue weighted by Gasteiger charge is 2.29. The molecule has 0 aliphatic heterocycles. The zero-order valence-electron chi connectivity index (χ0n) is 18.0. The molecule has 0 bridgehead atoms. The van der Waals surface area contributed by atoms with Crippen molar-refractivity contribution in [2.75, 3.05) is 73.2 Å². The number of carbonyl (C=O) groups is 1. The van der Waals surface area contributed by atoms with E-state index in [1.54, 1.807) is 0 Å². The average molecular weight is 456 g/mol. The normalized spacial score (nSPS) is 15.6. The highest BCUT2D eigenvalue weighted by atomic mass is 16.6. The maximum absolute atomic E-state index is 10.1. The minimum atomic E-state index is -1.64. The molecule has 4 atom stereocenters. The Kier molecular flexibility index (Phi) is 21.1. The van der Waals surface area contributed by atoms with E-state index in [0.717, 1.165) is 18.9 Å². The lowest BCUT2D eigenvalue weighted by Crippen LogP contribution is -2.46. The summed E-state index contributed by atoms with van der Waals surface area (Å²) in [7, 11) is 1.33. The molecule has 0 aliphatic rings. The lowest BCUT2D eigenvalue weighted by atomic mass is 10.0. The number of nitrogens with zero attached hydrogens (tertiary/aromatic N) is 1. The summed E-state index contributed by atoms with van der Waals surface area (Å²) in [6.45, 7) is 3.30. The Morgan fingerprint density at radius 3 is 1.81 bits per heavy atom. The zero-order valence-corrected chi connectivity index (χ0v) is 18.0. The first-order chi connectivity index (χ1) is 15.0. The van der Waals surface area contributed by atoms with Gasteiger partial charge in [0.25, 0.3) is 0 Å². The monoisotopic (exact) mass is 455 g/mol. The van der Waals surface area contributed by atoms with Crippen LogP contribution in [-0.4, -0.2) is 131 Å². The van der Waals surface area contributed by atoms with E-state index in [2.05, 4.69) is 9.89 Å². The van der Waals surface area contributed by atoms with Crippen LogP contribution in [0, 0.1) is 0 Å². The predicted molar refractivity (Wildman–Crippen MR) is 109 cm³/mol. The first-order valence-corrected chi connectivity index (χ1v) is 10.2. The van der Waals surface area contributed by atoms with Gasteiger partial charge in [-0.2, -0.15) is 0 Å². The van der Waals surface area contributed by atoms with Gasteiger partial charge in [0.05, 0.1) is 59.1 Å². The number of hydrogen-bond acceptors (Lipinski definition) is 12. The molecule has 0 aliphatic carbocycles. The Morgan fingerprint density at radius 2 is 1.29 bits per heavy atom. The van der Waals surface area contributed by atoms with Crippen molar-refractivity contribution in [1.82, 2.24) is 0 Å². The quantitative estimate of drug-likeness (QED) is 0.0590. The van der Waals surface area contributed by atoms with Gasteiger partial charge in [-0.05, 0) is 6.42 Å². The van der Waals surface area contributed by atoms with Gasteiger partial charge in [-0.15, -0.1) is 0 Å². The van der Waals surface area contributed by atoms with Crippen LogP contribution >= 0.6 is 0 Å². The van der Waals surface area contributed by atoms with Gasteiger partial charge < -0.3 is 53.7 Å². The van der Waals surface area contributed by atoms with Crippen LogP contribution in [-0.2, 0) is 33.3 Å². The van der Waals surface area contributed by atoms with Gasteiger partial charge in [-0.25, -0.2) is 0 Å². The largest absolute Gasteiger partial charge is 0.394 e. The number of unbranched alkanes of at least 4 members (excludes halogenated alkanes) is 1. The molecule has 0 saturated carbocycles. The summed E-state index contributed by atoms with van der Waals surface area (Å²) in [5, 5.41) is 42.0. The molecule has 0 rings (SSSR count). The summed E-state index contributed by atoms with van der Waals surface area (Å²) >= 11 is 0. The number of rotatable bonds is 23. The van der Waals surface area contributed by atoms with Gasteiger partial charge in [-0.3, -0.25) is 0 Å². The molecule has 0 aromatic heterocycles. The van der Waals surface area contributed by atoms with E-state index in [1.165, 1.54) is 7.11 Å². The molecule has 0 spiro atoms. The van der Waals surface area contributed by atoms with E-state index in [1.807, 2.05) is 0 Å². The minimum Gasteiger partial charge on any atom is -0.394 e. The number of carbonyl (C=O) groups excluding carboxylic acids is 1. The molecule has 0 saturated heterocycles. The summed E-state index contributed by atoms with van der Waals surface area (Å²) in [4.78, 5) is 15.0. The summed E-state index contributed by atoms with van der Waals surface area (Å²) in [6, 6.07) is 0. The second kappa shape index (κ2) is 22.0. The number of hydrogen-bond donors (Lipinski definition) is 4. The predicted octanol–water partition coefficient (Wildman–Crippen LogP) is -1.88. The van der Waals surface area contributed by atoms with Gasteiger partial charge >= 0.3 is 0 Å². The van der Waals surface area contributed by atoms with Crippen LogP contribution in [0.15, 0.2) is 5.16 Å². The molecular formula is C19H37NO11. The molecule has 0 fully saturated rings. The Morgan fingerprint density at radius 1 is 0.774 bits per heavy atom. The van der Waals surface area contributed by atoms with Crippen molar-refractivity contribution in [2.45, 2.75) is 37.3 Å². The molecule has 12 nitrogen and oxygen atoms in total. The molecule has 31 heavy (non-hydrogen) atoms. The highest BCUT2D eigenvalue weighted by molar-refractivity contribution is 5.63. The van der Waals surface area contributed by atoms with Crippen LogP contribution in [0.1, 0.15) is 12.8 Å². The maximum atomic E-state index is 10.1. The Labute approximate surface area is 182 Å². The Bertz CT molecular complexity index is 428. The summed E-state index contributed by atoms with van der Waals surface area (Å²) in [5.74, 6) is 0. The fraction of sp³-hybridized carbons (Fsp3) is 0.895. The van der Waals surface area contributed by atoms with E-state index in [-0.39, 0.29) is 19.8 Å². The number of methoxy groups -OCH3 is 1. The maximum Gasteiger partial charge on any atom is 0.140 e. The Hall–Kier alpha value is -1.22. The van der Waals surface area contributed by atoms with E-state index in [4.69, 9.17) is 23.8 Å². The fourth-order valence-corrected chi connectivity index (χ4v) is 2.07. The van der Waals surface area contributed by atoms with Crippen LogP contribution in [0.5, 0.6) is 0 Å². The minimum absolute atomic E-state index is 0.115. The number of aldehydes is 1. The molecule has 0 heterocycles. The van der Waals surface area contributed by atoms with Crippen molar-refractivity contribution in [2.24, 2.45) is 5.16 Å². The van der Waals surface area contributed by atoms with Crippen LogP contribution in [0.2, 0.25) is 0 Å². The molecule has 4 N–H and O–H groups in total. The third-order valence-electron chi connectivity index (χ3n) is 3.77. The molecule has 0 aromatic rings. The standard InChI is InChI=1S/C19H37NO11/c1-26-15-17(23)19(25)18(24)16(22)14-20-31-13-12-30-11-10-29-9-8-28-7-6-27-5-3-2-4-21/h4,14,16-19,22-25H,2-3,5-13,15H2,1H3/b20-14-. The highest BCUT2D eigenvalue weighted by Crippen LogP contribution is 2.04. The van der Waals surface area contributed by atoms with Crippen molar-refractivity contribution >= 4 is 12.5 Å². The molecular weight excluding hydrogens is 418 g/mol. The van der Waals surface area contributed by atoms with Crippen LogP contribution in [0.4, 0.5) is 0 Å². The molecule has 0 radical (unpaired) electrons. The van der Waals surface area contributed by atoms with Crippen molar-refractivity contribution in [1.29, 1.82) is 0 Å². The second-order valence-corrected chi connectivity index (χ2v) is 6.34. The van der Waals surface area contributed by atoms with E-state index in [0.29, 0.717) is 52.7 Å². The SMILES string of the molecule is COCC(O)C(O)C(O)C(O)/C=N\OCCOCCOCCOCCOCCCC=O. The van der Waals surface area contributed by atoms with Crippen LogP contribution < -0.4 is 0 Å². The zero-order chi connectivity index (χ0) is 23.2. The van der Waals surface area contributed by atoms with Gasteiger partial charge in [0.15, 0.2) is 0 Å². The molecule has 0 amide bonds. The third kappa shape index (κ3) is 18.1. The number of ether oxygens (including phenoxy) is 5. The summed E-state index contributed by atoms with van der Waals surface area (Å²) in [5.41, 5.74) is 0. The third-order valence-corrected chi connectivity index (χ3v) is 3.77. The van der Waals surface area contributed by atoms with E-state index in [9.17, 15) is 25.2 Å². The molecule has 0 aromatic carbocycles. The van der Waals surface area contributed by atoms with E-state index < -0.39 is 24.4 Å². The van der Waals surface area contributed by atoms with Gasteiger partial charge in [0, 0.05) is 20.1 Å². The van der Waals surface area contributed by atoms with Crippen molar-refractivity contribution < 1.29 is 53.7 Å². The fourth-order valence-electron chi connectivity index (χ4n) is 2.07. The van der Waals surface area contributed by atoms with Gasteiger partial charge in [-0.1, -0.05) is 5.16 Å². The lowest BCUT2D eigenvalue weighted by Gasteiger charge is -2.24.